The summed E-state index contributed by atoms with van der Waals surface area (Å²) in [5, 5.41) is 13.0. The molecule has 1 aliphatic rings. The van der Waals surface area contributed by atoms with Crippen molar-refractivity contribution >= 4 is 34.7 Å². The van der Waals surface area contributed by atoms with E-state index in [0.717, 1.165) is 28.7 Å². The summed E-state index contributed by atoms with van der Waals surface area (Å²) in [5.74, 6) is -0.891. The molecule has 0 spiro atoms. The lowest BCUT2D eigenvalue weighted by Crippen LogP contribution is -2.42. The van der Waals surface area contributed by atoms with Gasteiger partial charge in [-0.25, -0.2) is 0 Å². The Balaban J connectivity index is 2.05. The van der Waals surface area contributed by atoms with E-state index in [4.69, 9.17) is 5.73 Å². The number of allylic oxidation sites excluding steroid dienone is 1. The highest BCUT2D eigenvalue weighted by molar-refractivity contribution is 7.07. The van der Waals surface area contributed by atoms with Crippen LogP contribution in [0, 0.1) is 25.2 Å². The summed E-state index contributed by atoms with van der Waals surface area (Å²) in [6.45, 7) is 6.43. The van der Waals surface area contributed by atoms with Gasteiger partial charge in [-0.3, -0.25) is 14.2 Å². The van der Waals surface area contributed by atoms with E-state index >= 15 is 0 Å². The Bertz CT molecular complexity index is 1500. The van der Waals surface area contributed by atoms with Gasteiger partial charge in [0.25, 0.3) is 11.5 Å². The Morgan fingerprint density at radius 3 is 2.35 bits per heavy atom. The number of nitriles is 1. The molecule has 0 aliphatic carbocycles. The van der Waals surface area contributed by atoms with Crippen LogP contribution in [-0.2, 0) is 4.79 Å². The molecule has 1 aromatic heterocycles. The van der Waals surface area contributed by atoms with Crippen molar-refractivity contribution in [2.75, 3.05) is 6.54 Å². The van der Waals surface area contributed by atoms with Crippen molar-refractivity contribution in [3.05, 3.63) is 95.9 Å². The van der Waals surface area contributed by atoms with Crippen molar-refractivity contribution in [3.63, 3.8) is 0 Å². The zero-order valence-electron chi connectivity index (χ0n) is 19.4. The fraction of sp³-hybridized carbons (Fsp3) is 0.222. The van der Waals surface area contributed by atoms with Crippen LogP contribution in [-0.4, -0.2) is 17.0 Å². The van der Waals surface area contributed by atoms with Crippen LogP contribution >= 0.6 is 11.3 Å². The second-order valence-corrected chi connectivity index (χ2v) is 9.42. The van der Waals surface area contributed by atoms with Crippen molar-refractivity contribution in [2.45, 2.75) is 33.1 Å². The number of rotatable bonds is 5. The zero-order valence-corrected chi connectivity index (χ0v) is 20.2. The van der Waals surface area contributed by atoms with Gasteiger partial charge in [-0.1, -0.05) is 66.6 Å². The summed E-state index contributed by atoms with van der Waals surface area (Å²) < 4.78 is 2.22. The molecule has 1 atom stereocenters. The third kappa shape index (κ3) is 4.20. The number of carbonyl (C=O) groups is 1. The minimum Gasteiger partial charge on any atom is -0.384 e. The zero-order chi connectivity index (χ0) is 24.4. The second kappa shape index (κ2) is 9.54. The first-order chi connectivity index (χ1) is 16.3. The number of hydrogen-bond acceptors (Lipinski definition) is 5. The van der Waals surface area contributed by atoms with Gasteiger partial charge >= 0.3 is 0 Å². The maximum Gasteiger partial charge on any atom is 0.274 e. The second-order valence-electron chi connectivity index (χ2n) is 8.39. The van der Waals surface area contributed by atoms with Gasteiger partial charge < -0.3 is 11.1 Å². The summed E-state index contributed by atoms with van der Waals surface area (Å²) in [6, 6.07) is 17.7. The minimum absolute atomic E-state index is 0.0694. The lowest BCUT2D eigenvalue weighted by atomic mass is 9.83. The maximum absolute atomic E-state index is 13.4. The van der Waals surface area contributed by atoms with Gasteiger partial charge in [0.1, 0.15) is 10.5 Å². The maximum atomic E-state index is 13.4. The number of fused-ring (bicyclic) bond motifs is 1. The van der Waals surface area contributed by atoms with Crippen molar-refractivity contribution in [3.8, 4) is 6.07 Å². The molecule has 0 radical (unpaired) electrons. The molecule has 0 saturated carbocycles. The number of aromatic nitrogens is 1. The van der Waals surface area contributed by atoms with Crippen LogP contribution in [0.3, 0.4) is 0 Å². The summed E-state index contributed by atoms with van der Waals surface area (Å²) in [6.07, 6.45) is 2.56. The number of amides is 1. The van der Waals surface area contributed by atoms with Crippen molar-refractivity contribution in [2.24, 2.45) is 5.73 Å². The molecule has 1 aliphatic heterocycles. The molecule has 7 heteroatoms. The average molecular weight is 471 g/mol. The lowest BCUT2D eigenvalue weighted by molar-refractivity contribution is -0.115. The largest absolute Gasteiger partial charge is 0.384 e. The van der Waals surface area contributed by atoms with Gasteiger partial charge in [0, 0.05) is 6.54 Å². The molecule has 34 heavy (non-hydrogen) atoms. The molecule has 4 rings (SSSR count). The first-order valence-electron chi connectivity index (χ1n) is 11.1. The van der Waals surface area contributed by atoms with Crippen molar-refractivity contribution < 1.29 is 4.79 Å². The van der Waals surface area contributed by atoms with Gasteiger partial charge in [0.15, 0.2) is 0 Å². The molecule has 0 bridgehead atoms. The Kier molecular flexibility index (Phi) is 6.53. The van der Waals surface area contributed by atoms with Crippen LogP contribution in [0.2, 0.25) is 0 Å². The van der Waals surface area contributed by atoms with Gasteiger partial charge in [0.05, 0.1) is 27.7 Å². The number of aryl methyl sites for hydroxylation is 2. The Morgan fingerprint density at radius 2 is 1.76 bits per heavy atom. The SMILES string of the molecule is CCCNC(=O)C1=c2s/c(=C/c3ccc(C)cc3)c(=O)n2C(N)=C(C#N)C1c1ccc(C)cc1. The molecule has 0 fully saturated rings. The molecule has 0 saturated heterocycles. The van der Waals surface area contributed by atoms with E-state index in [0.29, 0.717) is 21.3 Å². The fourth-order valence-electron chi connectivity index (χ4n) is 4.01. The monoisotopic (exact) mass is 470 g/mol. The normalized spacial score (nSPS) is 15.8. The molecular formula is C27H26N4O2S. The predicted molar refractivity (Wildman–Crippen MR) is 136 cm³/mol. The average Bonchev–Trinajstić information content (AvgIpc) is 3.15. The summed E-state index contributed by atoms with van der Waals surface area (Å²) in [4.78, 5) is 26.8. The number of benzene rings is 2. The molecule has 6 nitrogen and oxygen atoms in total. The van der Waals surface area contributed by atoms with E-state index in [1.807, 2.05) is 69.3 Å². The quantitative estimate of drug-likeness (QED) is 0.598. The highest BCUT2D eigenvalue weighted by Gasteiger charge is 2.35. The molecule has 3 N–H and O–H groups in total. The molecule has 172 valence electrons. The van der Waals surface area contributed by atoms with Crippen LogP contribution in [0.25, 0.3) is 17.5 Å². The van der Waals surface area contributed by atoms with Crippen LogP contribution in [0.5, 0.6) is 0 Å². The van der Waals surface area contributed by atoms with E-state index in [1.54, 1.807) is 6.08 Å². The Morgan fingerprint density at radius 1 is 1.15 bits per heavy atom. The van der Waals surface area contributed by atoms with Gasteiger partial charge in [-0.2, -0.15) is 5.26 Å². The van der Waals surface area contributed by atoms with Crippen molar-refractivity contribution in [1.82, 2.24) is 9.88 Å². The van der Waals surface area contributed by atoms with Gasteiger partial charge in [0.2, 0.25) is 0 Å². The number of nitrogens with one attached hydrogen (secondary N) is 1. The summed E-state index contributed by atoms with van der Waals surface area (Å²) in [5.41, 5.74) is 10.5. The number of nitrogens with two attached hydrogens (primary N) is 1. The number of nitrogens with zero attached hydrogens (tertiary/aromatic N) is 2. The standard InChI is InChI=1S/C27H26N4O2S/c1-4-13-30-25(32)23-22(19-11-7-17(3)8-12-19)20(15-28)24(29)31-26(33)21(34-27(23)31)14-18-9-5-16(2)6-10-18/h5-12,14,22H,4,13,29H2,1-3H3,(H,30,32)/b21-14+. The van der Waals surface area contributed by atoms with Crippen LogP contribution in [0.15, 0.2) is 58.9 Å². The highest BCUT2D eigenvalue weighted by Crippen LogP contribution is 2.36. The smallest absolute Gasteiger partial charge is 0.274 e. The van der Waals surface area contributed by atoms with Gasteiger partial charge in [-0.05, 0) is 37.5 Å². The van der Waals surface area contributed by atoms with Crippen molar-refractivity contribution in [1.29, 1.82) is 5.26 Å². The fourth-order valence-corrected chi connectivity index (χ4v) is 5.18. The highest BCUT2D eigenvalue weighted by atomic mass is 32.1. The van der Waals surface area contributed by atoms with E-state index in [1.165, 1.54) is 15.9 Å². The number of carbonyl (C=O) groups excluding carboxylic acids is 1. The van der Waals surface area contributed by atoms with E-state index < -0.39 is 5.92 Å². The van der Waals surface area contributed by atoms with Crippen LogP contribution in [0.1, 0.15) is 41.5 Å². The number of thiazole rings is 1. The molecule has 2 aromatic carbocycles. The van der Waals surface area contributed by atoms with Crippen LogP contribution < -0.4 is 25.8 Å². The molecule has 2 heterocycles. The molecular weight excluding hydrogens is 444 g/mol. The molecule has 3 aromatic rings. The first-order valence-corrected chi connectivity index (χ1v) is 12.0. The summed E-state index contributed by atoms with van der Waals surface area (Å²) in [7, 11) is 0. The Labute approximate surface area is 202 Å². The number of hydrogen-bond donors (Lipinski definition) is 2. The third-order valence-corrected chi connectivity index (χ3v) is 6.94. The third-order valence-electron chi connectivity index (χ3n) is 5.83. The Hall–Kier alpha value is -3.89. The molecule has 1 unspecified atom stereocenters. The van der Waals surface area contributed by atoms with E-state index in [-0.39, 0.29) is 22.9 Å². The first kappa shape index (κ1) is 23.3. The van der Waals surface area contributed by atoms with Crippen LogP contribution in [0.4, 0.5) is 0 Å². The lowest BCUT2D eigenvalue weighted by Gasteiger charge is -2.25. The summed E-state index contributed by atoms with van der Waals surface area (Å²) >= 11 is 1.22. The topological polar surface area (TPSA) is 101 Å². The van der Waals surface area contributed by atoms with Gasteiger partial charge in [-0.15, -0.1) is 11.3 Å². The van der Waals surface area contributed by atoms with E-state index in [9.17, 15) is 14.9 Å². The molecule has 1 amide bonds. The predicted octanol–water partition coefficient (Wildman–Crippen LogP) is 2.48. The minimum atomic E-state index is -0.660. The van der Waals surface area contributed by atoms with E-state index in [2.05, 4.69) is 11.4 Å².